The fraction of sp³-hybridized carbons (Fsp3) is 0.238. The van der Waals surface area contributed by atoms with E-state index in [4.69, 9.17) is 0 Å². The van der Waals surface area contributed by atoms with E-state index in [0.717, 1.165) is 23.3 Å². The third kappa shape index (κ3) is 3.15. The maximum Gasteiger partial charge on any atom is 0.261 e. The van der Waals surface area contributed by atoms with Crippen molar-refractivity contribution in [3.05, 3.63) is 64.2 Å². The Bertz CT molecular complexity index is 1040. The third-order valence-electron chi connectivity index (χ3n) is 5.01. The number of hydrogen-bond acceptors (Lipinski definition) is 4. The Morgan fingerprint density at radius 3 is 2.29 bits per heavy atom. The summed E-state index contributed by atoms with van der Waals surface area (Å²) in [5, 5.41) is 5.71. The van der Waals surface area contributed by atoms with Gasteiger partial charge in [0.2, 0.25) is 0 Å². The Morgan fingerprint density at radius 1 is 0.929 bits per heavy atom. The van der Waals surface area contributed by atoms with Crippen LogP contribution in [-0.4, -0.2) is 41.6 Å². The van der Waals surface area contributed by atoms with Crippen LogP contribution in [0.25, 0.3) is 0 Å². The van der Waals surface area contributed by atoms with Crippen molar-refractivity contribution in [2.45, 2.75) is 25.8 Å². The van der Waals surface area contributed by atoms with Gasteiger partial charge in [0.15, 0.2) is 0 Å². The first kappa shape index (κ1) is 17.9. The molecule has 1 saturated carbocycles. The highest BCUT2D eigenvalue weighted by molar-refractivity contribution is 6.22. The lowest BCUT2D eigenvalue weighted by Crippen LogP contribution is -2.25. The van der Waals surface area contributed by atoms with E-state index in [1.807, 2.05) is 6.92 Å². The van der Waals surface area contributed by atoms with Crippen LogP contribution in [0.3, 0.4) is 0 Å². The Balaban J connectivity index is 1.56. The first-order valence-electron chi connectivity index (χ1n) is 9.04. The van der Waals surface area contributed by atoms with Crippen molar-refractivity contribution in [3.8, 4) is 0 Å². The first-order chi connectivity index (χ1) is 13.3. The van der Waals surface area contributed by atoms with Gasteiger partial charge in [0.25, 0.3) is 23.6 Å². The molecule has 0 saturated heterocycles. The number of benzene rings is 2. The molecule has 7 heteroatoms. The van der Waals surface area contributed by atoms with Crippen molar-refractivity contribution in [1.82, 2.24) is 10.2 Å². The highest BCUT2D eigenvalue weighted by Gasteiger charge is 2.33. The number of nitrogens with zero attached hydrogens (tertiary/aromatic N) is 1. The smallest absolute Gasteiger partial charge is 0.261 e. The van der Waals surface area contributed by atoms with E-state index in [0.29, 0.717) is 16.8 Å². The molecule has 2 aromatic carbocycles. The molecule has 0 bridgehead atoms. The molecule has 2 aliphatic rings. The third-order valence-corrected chi connectivity index (χ3v) is 5.01. The van der Waals surface area contributed by atoms with Gasteiger partial charge in [-0.25, -0.2) is 0 Å². The van der Waals surface area contributed by atoms with Crippen LogP contribution < -0.4 is 10.6 Å². The van der Waals surface area contributed by atoms with Gasteiger partial charge in [0, 0.05) is 29.9 Å². The van der Waals surface area contributed by atoms with Gasteiger partial charge >= 0.3 is 0 Å². The van der Waals surface area contributed by atoms with Crippen molar-refractivity contribution in [2.75, 3.05) is 12.4 Å². The number of carbonyl (C=O) groups is 4. The first-order valence-corrected chi connectivity index (χ1v) is 9.04. The maximum atomic E-state index is 12.7. The van der Waals surface area contributed by atoms with E-state index in [-0.39, 0.29) is 29.0 Å². The van der Waals surface area contributed by atoms with Crippen molar-refractivity contribution < 1.29 is 19.2 Å². The van der Waals surface area contributed by atoms with Crippen LogP contribution in [0.4, 0.5) is 5.69 Å². The molecule has 1 aliphatic heterocycles. The number of imide groups is 1. The van der Waals surface area contributed by atoms with Gasteiger partial charge in [0.1, 0.15) is 0 Å². The molecule has 4 amide bonds. The number of rotatable bonds is 4. The van der Waals surface area contributed by atoms with Crippen molar-refractivity contribution >= 4 is 29.3 Å². The minimum atomic E-state index is -0.426. The second-order valence-electron chi connectivity index (χ2n) is 7.16. The van der Waals surface area contributed by atoms with Gasteiger partial charge in [-0.15, -0.1) is 0 Å². The van der Waals surface area contributed by atoms with Crippen molar-refractivity contribution in [1.29, 1.82) is 0 Å². The summed E-state index contributed by atoms with van der Waals surface area (Å²) >= 11 is 0. The lowest BCUT2D eigenvalue weighted by Gasteiger charge is -2.11. The zero-order valence-electron chi connectivity index (χ0n) is 15.5. The average molecular weight is 377 g/mol. The molecule has 1 heterocycles. The molecule has 1 aliphatic carbocycles. The predicted molar refractivity (Wildman–Crippen MR) is 102 cm³/mol. The van der Waals surface area contributed by atoms with Gasteiger partial charge in [-0.3, -0.25) is 24.1 Å². The summed E-state index contributed by atoms with van der Waals surface area (Å²) < 4.78 is 0. The molecular formula is C21H19N3O4. The number of fused-ring (bicyclic) bond motifs is 1. The molecule has 28 heavy (non-hydrogen) atoms. The topological polar surface area (TPSA) is 95.6 Å². The molecule has 2 N–H and O–H groups in total. The van der Waals surface area contributed by atoms with Crippen LogP contribution in [0, 0.1) is 6.92 Å². The van der Waals surface area contributed by atoms with E-state index >= 15 is 0 Å². The minimum absolute atomic E-state index is 0.164. The minimum Gasteiger partial charge on any atom is -0.349 e. The molecule has 4 rings (SSSR count). The molecule has 0 radical (unpaired) electrons. The Morgan fingerprint density at radius 2 is 1.57 bits per heavy atom. The highest BCUT2D eigenvalue weighted by Crippen LogP contribution is 2.24. The van der Waals surface area contributed by atoms with Crippen molar-refractivity contribution in [3.63, 3.8) is 0 Å². The molecule has 142 valence electrons. The number of amides is 4. The van der Waals surface area contributed by atoms with Gasteiger partial charge in [-0.1, -0.05) is 6.07 Å². The largest absolute Gasteiger partial charge is 0.349 e. The molecule has 0 spiro atoms. The average Bonchev–Trinajstić information content (AvgIpc) is 3.47. The van der Waals surface area contributed by atoms with Gasteiger partial charge in [0.05, 0.1) is 11.1 Å². The summed E-state index contributed by atoms with van der Waals surface area (Å²) in [7, 11) is 1.41. The monoisotopic (exact) mass is 377 g/mol. The van der Waals surface area contributed by atoms with E-state index < -0.39 is 11.8 Å². The molecule has 0 aromatic heterocycles. The normalized spacial score (nSPS) is 15.4. The van der Waals surface area contributed by atoms with Gasteiger partial charge in [-0.05, 0) is 55.7 Å². The quantitative estimate of drug-likeness (QED) is 0.800. The predicted octanol–water partition coefficient (Wildman–Crippen LogP) is 2.37. The van der Waals surface area contributed by atoms with E-state index in [2.05, 4.69) is 10.6 Å². The van der Waals surface area contributed by atoms with E-state index in [1.165, 1.54) is 25.2 Å². The van der Waals surface area contributed by atoms with Crippen LogP contribution in [0.5, 0.6) is 0 Å². The van der Waals surface area contributed by atoms with Gasteiger partial charge < -0.3 is 10.6 Å². The fourth-order valence-electron chi connectivity index (χ4n) is 3.09. The number of nitrogens with one attached hydrogen (secondary N) is 2. The Labute approximate surface area is 161 Å². The zero-order valence-corrected chi connectivity index (χ0v) is 15.5. The number of anilines is 1. The van der Waals surface area contributed by atoms with Crippen LogP contribution >= 0.6 is 0 Å². The lowest BCUT2D eigenvalue weighted by atomic mass is 10.0. The molecule has 0 atom stereocenters. The highest BCUT2D eigenvalue weighted by atomic mass is 16.2. The Kier molecular flexibility index (Phi) is 4.22. The molecule has 2 aromatic rings. The van der Waals surface area contributed by atoms with Crippen LogP contribution in [0.1, 0.15) is 59.8 Å². The summed E-state index contributed by atoms with van der Waals surface area (Å²) in [4.78, 5) is 50.1. The summed E-state index contributed by atoms with van der Waals surface area (Å²) in [6, 6.07) is 9.80. The zero-order chi connectivity index (χ0) is 20.0. The van der Waals surface area contributed by atoms with Crippen LogP contribution in [-0.2, 0) is 0 Å². The number of carbonyl (C=O) groups excluding carboxylic acids is 4. The second kappa shape index (κ2) is 6.60. The summed E-state index contributed by atoms with van der Waals surface area (Å²) in [5.74, 6) is -1.38. The number of hydrogen-bond donors (Lipinski definition) is 2. The van der Waals surface area contributed by atoms with E-state index in [1.54, 1.807) is 18.2 Å². The van der Waals surface area contributed by atoms with E-state index in [9.17, 15) is 19.2 Å². The van der Waals surface area contributed by atoms with Crippen LogP contribution in [0.2, 0.25) is 0 Å². The molecule has 1 fully saturated rings. The standard InChI is InChI=1S/C21H19N3O4/c1-11-3-4-13(18(25)22-14-6-7-14)10-17(11)23-19(26)12-5-8-15-16(9-12)21(28)24(2)20(15)27/h3-5,8-10,14H,6-7H2,1-2H3,(H,22,25)(H,23,26). The molecule has 0 unspecified atom stereocenters. The Hall–Kier alpha value is -3.48. The molecular weight excluding hydrogens is 358 g/mol. The summed E-state index contributed by atoms with van der Waals surface area (Å²) in [6.45, 7) is 1.83. The maximum absolute atomic E-state index is 12.7. The SMILES string of the molecule is Cc1ccc(C(=O)NC2CC2)cc1NC(=O)c1ccc2c(c1)C(=O)N(C)C2=O. The molecule has 7 nitrogen and oxygen atoms in total. The summed E-state index contributed by atoms with van der Waals surface area (Å²) in [5.41, 5.74) is 2.58. The lowest BCUT2D eigenvalue weighted by molar-refractivity contribution is 0.0692. The van der Waals surface area contributed by atoms with Crippen LogP contribution in [0.15, 0.2) is 36.4 Å². The van der Waals surface area contributed by atoms with Crippen molar-refractivity contribution in [2.24, 2.45) is 0 Å². The van der Waals surface area contributed by atoms with Gasteiger partial charge in [-0.2, -0.15) is 0 Å². The number of aryl methyl sites for hydroxylation is 1. The fourth-order valence-corrected chi connectivity index (χ4v) is 3.09. The summed E-state index contributed by atoms with van der Waals surface area (Å²) in [6.07, 6.45) is 1.99. The second-order valence-corrected chi connectivity index (χ2v) is 7.16.